The first-order chi connectivity index (χ1) is 9.11. The quantitative estimate of drug-likeness (QED) is 0.778. The van der Waals surface area contributed by atoms with Gasteiger partial charge >= 0.3 is 0 Å². The fourth-order valence-corrected chi connectivity index (χ4v) is 2.26. The predicted octanol–water partition coefficient (Wildman–Crippen LogP) is 4.17. The number of halogens is 1. The molecule has 0 heterocycles. The Morgan fingerprint density at radius 2 is 1.84 bits per heavy atom. The molecule has 2 rings (SSSR count). The summed E-state index contributed by atoms with van der Waals surface area (Å²) in [6, 6.07) is 15.6. The molecule has 2 nitrogen and oxygen atoms in total. The first-order valence-corrected chi connectivity index (χ1v) is 7.23. The highest BCUT2D eigenvalue weighted by molar-refractivity contribution is 9.08. The van der Waals surface area contributed by atoms with Crippen LogP contribution < -0.4 is 4.90 Å². The Morgan fingerprint density at radius 3 is 2.42 bits per heavy atom. The lowest BCUT2D eigenvalue weighted by Gasteiger charge is -2.18. The van der Waals surface area contributed by atoms with Crippen molar-refractivity contribution in [1.82, 2.24) is 0 Å². The maximum absolute atomic E-state index is 12.4. The van der Waals surface area contributed by atoms with Gasteiger partial charge in [-0.15, -0.1) is 0 Å². The molecule has 2 aromatic rings. The number of rotatable bonds is 3. The van der Waals surface area contributed by atoms with Crippen LogP contribution in [0.15, 0.2) is 48.5 Å². The molecule has 0 radical (unpaired) electrons. The summed E-state index contributed by atoms with van der Waals surface area (Å²) in [7, 11) is 1.80. The summed E-state index contributed by atoms with van der Waals surface area (Å²) in [5, 5.41) is 0.801. The van der Waals surface area contributed by atoms with Gasteiger partial charge in [0.05, 0.1) is 0 Å². The molecule has 0 atom stereocenters. The van der Waals surface area contributed by atoms with Gasteiger partial charge in [-0.2, -0.15) is 0 Å². The van der Waals surface area contributed by atoms with Crippen LogP contribution >= 0.6 is 15.9 Å². The topological polar surface area (TPSA) is 20.3 Å². The molecule has 1 amide bonds. The summed E-state index contributed by atoms with van der Waals surface area (Å²) >= 11 is 3.40. The number of hydrogen-bond acceptors (Lipinski definition) is 1. The van der Waals surface area contributed by atoms with Gasteiger partial charge in [-0.3, -0.25) is 4.79 Å². The molecule has 3 heteroatoms. The van der Waals surface area contributed by atoms with Crippen LogP contribution in [0, 0.1) is 6.92 Å². The van der Waals surface area contributed by atoms with Crippen molar-refractivity contribution in [2.24, 2.45) is 0 Å². The van der Waals surface area contributed by atoms with E-state index in [1.54, 1.807) is 11.9 Å². The summed E-state index contributed by atoms with van der Waals surface area (Å²) in [5.74, 6) is 0.00622. The maximum atomic E-state index is 12.4. The number of aryl methyl sites for hydroxylation is 1. The zero-order chi connectivity index (χ0) is 13.8. The zero-order valence-corrected chi connectivity index (χ0v) is 12.6. The largest absolute Gasteiger partial charge is 0.311 e. The highest BCUT2D eigenvalue weighted by Gasteiger charge is 2.13. The molecule has 0 bridgehead atoms. The van der Waals surface area contributed by atoms with Crippen LogP contribution in [0.25, 0.3) is 0 Å². The van der Waals surface area contributed by atoms with Crippen molar-refractivity contribution in [3.63, 3.8) is 0 Å². The van der Waals surface area contributed by atoms with Crippen LogP contribution in [-0.2, 0) is 5.33 Å². The van der Waals surface area contributed by atoms with E-state index in [9.17, 15) is 4.79 Å². The fourth-order valence-electron chi connectivity index (χ4n) is 1.88. The maximum Gasteiger partial charge on any atom is 0.258 e. The molecule has 0 N–H and O–H groups in total. The normalized spacial score (nSPS) is 10.3. The van der Waals surface area contributed by atoms with E-state index in [2.05, 4.69) is 15.9 Å². The third-order valence-electron chi connectivity index (χ3n) is 3.05. The summed E-state index contributed by atoms with van der Waals surface area (Å²) < 4.78 is 0. The van der Waals surface area contributed by atoms with E-state index < -0.39 is 0 Å². The first-order valence-electron chi connectivity index (χ1n) is 6.11. The number of nitrogens with zero attached hydrogens (tertiary/aromatic N) is 1. The van der Waals surface area contributed by atoms with Gasteiger partial charge in [-0.1, -0.05) is 40.2 Å². The van der Waals surface area contributed by atoms with Gasteiger partial charge in [0.15, 0.2) is 0 Å². The van der Waals surface area contributed by atoms with Crippen LogP contribution in [-0.4, -0.2) is 13.0 Å². The molecule has 0 saturated carbocycles. The number of benzene rings is 2. The minimum absolute atomic E-state index is 0.00622. The predicted molar refractivity (Wildman–Crippen MR) is 83.0 cm³/mol. The molecule has 19 heavy (non-hydrogen) atoms. The SMILES string of the molecule is Cc1cccc(N(C)C(=O)c2ccc(CBr)cc2)c1. The van der Waals surface area contributed by atoms with Crippen molar-refractivity contribution < 1.29 is 4.79 Å². The highest BCUT2D eigenvalue weighted by Crippen LogP contribution is 2.17. The minimum Gasteiger partial charge on any atom is -0.311 e. The van der Waals surface area contributed by atoms with Gasteiger partial charge in [0.1, 0.15) is 0 Å². The molecule has 0 unspecified atom stereocenters. The number of alkyl halides is 1. The van der Waals surface area contributed by atoms with Crippen molar-refractivity contribution in [2.75, 3.05) is 11.9 Å². The Kier molecular flexibility index (Phi) is 4.38. The minimum atomic E-state index is 0.00622. The third kappa shape index (κ3) is 3.24. The molecule has 0 aliphatic rings. The lowest BCUT2D eigenvalue weighted by Crippen LogP contribution is -2.26. The molecule has 0 aromatic heterocycles. The average molecular weight is 318 g/mol. The van der Waals surface area contributed by atoms with E-state index in [0.29, 0.717) is 5.56 Å². The molecular formula is C16H16BrNO. The fraction of sp³-hybridized carbons (Fsp3) is 0.188. The smallest absolute Gasteiger partial charge is 0.258 e. The molecular weight excluding hydrogens is 302 g/mol. The van der Waals surface area contributed by atoms with Gasteiger partial charge in [-0.25, -0.2) is 0 Å². The second-order valence-electron chi connectivity index (χ2n) is 4.53. The molecule has 0 aliphatic carbocycles. The number of carbonyl (C=O) groups excluding carboxylic acids is 1. The number of carbonyl (C=O) groups is 1. The molecule has 0 saturated heterocycles. The zero-order valence-electron chi connectivity index (χ0n) is 11.1. The van der Waals surface area contributed by atoms with E-state index in [-0.39, 0.29) is 5.91 Å². The summed E-state index contributed by atoms with van der Waals surface area (Å²) in [6.45, 7) is 2.02. The summed E-state index contributed by atoms with van der Waals surface area (Å²) in [6.07, 6.45) is 0. The van der Waals surface area contributed by atoms with Crippen LogP contribution in [0.1, 0.15) is 21.5 Å². The van der Waals surface area contributed by atoms with E-state index in [0.717, 1.165) is 22.1 Å². The van der Waals surface area contributed by atoms with Gasteiger partial charge < -0.3 is 4.90 Å². The number of hydrogen-bond donors (Lipinski definition) is 0. The summed E-state index contributed by atoms with van der Waals surface area (Å²) in [4.78, 5) is 14.0. The Morgan fingerprint density at radius 1 is 1.16 bits per heavy atom. The standard InChI is InChI=1S/C16H16BrNO/c1-12-4-3-5-15(10-12)18(2)16(19)14-8-6-13(11-17)7-9-14/h3-10H,11H2,1-2H3. The van der Waals surface area contributed by atoms with Crippen LogP contribution in [0.2, 0.25) is 0 Å². The van der Waals surface area contributed by atoms with Crippen LogP contribution in [0.5, 0.6) is 0 Å². The van der Waals surface area contributed by atoms with E-state index >= 15 is 0 Å². The first kappa shape index (κ1) is 13.8. The average Bonchev–Trinajstić information content (AvgIpc) is 2.46. The monoisotopic (exact) mass is 317 g/mol. The van der Waals surface area contributed by atoms with Crippen LogP contribution in [0.3, 0.4) is 0 Å². The lowest BCUT2D eigenvalue weighted by atomic mass is 10.1. The Labute approximate surface area is 122 Å². The van der Waals surface area contributed by atoms with Crippen molar-refractivity contribution >= 4 is 27.5 Å². The molecule has 2 aromatic carbocycles. The van der Waals surface area contributed by atoms with Gasteiger partial charge in [0.2, 0.25) is 0 Å². The second-order valence-corrected chi connectivity index (χ2v) is 5.09. The van der Waals surface area contributed by atoms with Crippen LogP contribution in [0.4, 0.5) is 5.69 Å². The Hall–Kier alpha value is -1.61. The van der Waals surface area contributed by atoms with Crippen molar-refractivity contribution in [1.29, 1.82) is 0 Å². The highest BCUT2D eigenvalue weighted by atomic mass is 79.9. The van der Waals surface area contributed by atoms with Gasteiger partial charge in [0, 0.05) is 23.6 Å². The summed E-state index contributed by atoms with van der Waals surface area (Å²) in [5.41, 5.74) is 3.92. The number of anilines is 1. The van der Waals surface area contributed by atoms with Gasteiger partial charge in [0.25, 0.3) is 5.91 Å². The van der Waals surface area contributed by atoms with E-state index in [1.807, 2.05) is 55.5 Å². The Balaban J connectivity index is 2.23. The molecule has 0 aliphatic heterocycles. The third-order valence-corrected chi connectivity index (χ3v) is 3.70. The molecule has 0 fully saturated rings. The van der Waals surface area contributed by atoms with Gasteiger partial charge in [-0.05, 0) is 42.3 Å². The van der Waals surface area contributed by atoms with Crippen molar-refractivity contribution in [3.05, 3.63) is 65.2 Å². The van der Waals surface area contributed by atoms with Crippen molar-refractivity contribution in [3.8, 4) is 0 Å². The molecule has 98 valence electrons. The van der Waals surface area contributed by atoms with Crippen molar-refractivity contribution in [2.45, 2.75) is 12.3 Å². The molecule has 0 spiro atoms. The second kappa shape index (κ2) is 6.02. The Bertz CT molecular complexity index is 578. The van der Waals surface area contributed by atoms with E-state index in [1.165, 1.54) is 0 Å². The lowest BCUT2D eigenvalue weighted by molar-refractivity contribution is 0.0993. The number of amides is 1. The van der Waals surface area contributed by atoms with E-state index in [4.69, 9.17) is 0 Å².